The molecule has 110 valence electrons. The Morgan fingerprint density at radius 3 is 2.80 bits per heavy atom. The van der Waals surface area contributed by atoms with E-state index >= 15 is 0 Å². The predicted molar refractivity (Wildman–Crippen MR) is 83.4 cm³/mol. The monoisotopic (exact) mass is 314 g/mol. The lowest BCUT2D eigenvalue weighted by molar-refractivity contribution is -0.135. The number of rotatable bonds is 2. The van der Waals surface area contributed by atoms with Gasteiger partial charge in [0.15, 0.2) is 0 Å². The van der Waals surface area contributed by atoms with Crippen molar-refractivity contribution in [3.05, 3.63) is 34.9 Å². The minimum Gasteiger partial charge on any atom is -0.335 e. The van der Waals surface area contributed by atoms with Gasteiger partial charge in [0.2, 0.25) is 5.91 Å². The minimum absolute atomic E-state index is 0. The molecule has 1 aromatic rings. The third kappa shape index (κ3) is 2.95. The second-order valence-electron chi connectivity index (χ2n) is 5.40. The average molecular weight is 315 g/mol. The topological polar surface area (TPSA) is 32.3 Å². The van der Waals surface area contributed by atoms with Crippen molar-refractivity contribution in [3.8, 4) is 0 Å². The Labute approximate surface area is 131 Å². The van der Waals surface area contributed by atoms with E-state index in [9.17, 15) is 4.79 Å². The molecular formula is C15H20Cl2N2O. The number of benzene rings is 1. The van der Waals surface area contributed by atoms with Gasteiger partial charge in [-0.05, 0) is 37.4 Å². The number of carbonyl (C=O) groups is 1. The Morgan fingerprint density at radius 1 is 1.30 bits per heavy atom. The molecule has 3 rings (SSSR count). The molecule has 0 aliphatic carbocycles. The zero-order valence-corrected chi connectivity index (χ0v) is 12.9. The second-order valence-corrected chi connectivity index (χ2v) is 5.81. The highest BCUT2D eigenvalue weighted by Crippen LogP contribution is 2.36. The molecule has 0 radical (unpaired) electrons. The van der Waals surface area contributed by atoms with Crippen molar-refractivity contribution in [1.82, 2.24) is 10.2 Å². The molecule has 1 amide bonds. The molecular weight excluding hydrogens is 295 g/mol. The maximum absolute atomic E-state index is 12.6. The number of likely N-dealkylation sites (tertiary alicyclic amines) is 1. The first kappa shape index (κ1) is 15.6. The van der Waals surface area contributed by atoms with Gasteiger partial charge in [-0.25, -0.2) is 0 Å². The van der Waals surface area contributed by atoms with Crippen molar-refractivity contribution < 1.29 is 4.79 Å². The summed E-state index contributed by atoms with van der Waals surface area (Å²) in [6, 6.07) is 8.06. The molecule has 2 aliphatic rings. The van der Waals surface area contributed by atoms with Crippen LogP contribution in [-0.4, -0.2) is 30.4 Å². The maximum atomic E-state index is 12.6. The van der Waals surface area contributed by atoms with E-state index in [2.05, 4.69) is 5.32 Å². The quantitative estimate of drug-likeness (QED) is 0.910. The van der Waals surface area contributed by atoms with Gasteiger partial charge < -0.3 is 10.2 Å². The lowest BCUT2D eigenvalue weighted by Gasteiger charge is -2.28. The lowest BCUT2D eigenvalue weighted by atomic mass is 10.0. The van der Waals surface area contributed by atoms with Crippen LogP contribution in [0.3, 0.4) is 0 Å². The van der Waals surface area contributed by atoms with Gasteiger partial charge in [-0.2, -0.15) is 0 Å². The number of hydrogen-bond acceptors (Lipinski definition) is 2. The van der Waals surface area contributed by atoms with Crippen LogP contribution in [0, 0.1) is 5.92 Å². The SMILES string of the molecule is Cl.O=C(C1CCNC1)N1CCCC1c1ccccc1Cl. The highest BCUT2D eigenvalue weighted by atomic mass is 35.5. The lowest BCUT2D eigenvalue weighted by Crippen LogP contribution is -2.36. The zero-order valence-electron chi connectivity index (χ0n) is 11.3. The molecule has 2 unspecified atom stereocenters. The van der Waals surface area contributed by atoms with E-state index < -0.39 is 0 Å². The van der Waals surface area contributed by atoms with E-state index in [0.717, 1.165) is 49.5 Å². The van der Waals surface area contributed by atoms with E-state index in [-0.39, 0.29) is 24.4 Å². The van der Waals surface area contributed by atoms with Crippen LogP contribution in [0.5, 0.6) is 0 Å². The molecule has 0 spiro atoms. The first-order valence-corrected chi connectivity index (χ1v) is 7.41. The normalized spacial score (nSPS) is 25.6. The largest absolute Gasteiger partial charge is 0.335 e. The van der Waals surface area contributed by atoms with Gasteiger partial charge in [0.25, 0.3) is 0 Å². The fraction of sp³-hybridized carbons (Fsp3) is 0.533. The highest BCUT2D eigenvalue weighted by molar-refractivity contribution is 6.31. The van der Waals surface area contributed by atoms with Gasteiger partial charge in [-0.1, -0.05) is 29.8 Å². The summed E-state index contributed by atoms with van der Waals surface area (Å²) >= 11 is 6.28. The molecule has 5 heteroatoms. The number of nitrogens with one attached hydrogen (secondary N) is 1. The number of amides is 1. The summed E-state index contributed by atoms with van der Waals surface area (Å²) in [5.41, 5.74) is 1.10. The smallest absolute Gasteiger partial charge is 0.227 e. The molecule has 0 bridgehead atoms. The van der Waals surface area contributed by atoms with E-state index in [1.165, 1.54) is 0 Å². The average Bonchev–Trinajstić information content (AvgIpc) is 3.10. The van der Waals surface area contributed by atoms with Gasteiger partial charge >= 0.3 is 0 Å². The maximum Gasteiger partial charge on any atom is 0.227 e. The summed E-state index contributed by atoms with van der Waals surface area (Å²) in [6.07, 6.45) is 3.06. The summed E-state index contributed by atoms with van der Waals surface area (Å²) in [5, 5.41) is 4.04. The number of halogens is 2. The molecule has 1 aromatic carbocycles. The van der Waals surface area contributed by atoms with Crippen molar-refractivity contribution in [2.45, 2.75) is 25.3 Å². The molecule has 0 aromatic heterocycles. The van der Waals surface area contributed by atoms with Crippen molar-refractivity contribution in [3.63, 3.8) is 0 Å². The van der Waals surface area contributed by atoms with E-state index in [4.69, 9.17) is 11.6 Å². The van der Waals surface area contributed by atoms with Crippen LogP contribution in [0.15, 0.2) is 24.3 Å². The summed E-state index contributed by atoms with van der Waals surface area (Å²) in [4.78, 5) is 14.6. The first-order chi connectivity index (χ1) is 9.27. The Balaban J connectivity index is 0.00000147. The Morgan fingerprint density at radius 2 is 2.10 bits per heavy atom. The standard InChI is InChI=1S/C15H19ClN2O.ClH/c16-13-5-2-1-4-12(13)14-6-3-9-18(14)15(19)11-7-8-17-10-11;/h1-2,4-5,11,14,17H,3,6-10H2;1H. The van der Waals surface area contributed by atoms with Crippen LogP contribution in [0.25, 0.3) is 0 Å². The van der Waals surface area contributed by atoms with Crippen LogP contribution in [0.1, 0.15) is 30.9 Å². The van der Waals surface area contributed by atoms with Gasteiger partial charge in [0, 0.05) is 18.1 Å². The summed E-state index contributed by atoms with van der Waals surface area (Å²) in [6.45, 7) is 2.65. The summed E-state index contributed by atoms with van der Waals surface area (Å²) in [5.74, 6) is 0.454. The first-order valence-electron chi connectivity index (χ1n) is 7.03. The number of carbonyl (C=O) groups excluding carboxylic acids is 1. The van der Waals surface area contributed by atoms with Crippen LogP contribution < -0.4 is 5.32 Å². The van der Waals surface area contributed by atoms with Gasteiger partial charge in [-0.15, -0.1) is 12.4 Å². The Bertz CT molecular complexity index is 475. The molecule has 0 saturated carbocycles. The Hall–Kier alpha value is -0.770. The highest BCUT2D eigenvalue weighted by Gasteiger charge is 2.35. The van der Waals surface area contributed by atoms with E-state index in [1.54, 1.807) is 0 Å². The van der Waals surface area contributed by atoms with Gasteiger partial charge in [0.05, 0.1) is 12.0 Å². The third-order valence-electron chi connectivity index (χ3n) is 4.21. The van der Waals surface area contributed by atoms with E-state index in [0.29, 0.717) is 5.91 Å². The number of hydrogen-bond donors (Lipinski definition) is 1. The predicted octanol–water partition coefficient (Wildman–Crippen LogP) is 3.03. The molecule has 20 heavy (non-hydrogen) atoms. The molecule has 2 saturated heterocycles. The van der Waals surface area contributed by atoms with Crippen molar-refractivity contribution in [2.24, 2.45) is 5.92 Å². The van der Waals surface area contributed by atoms with Crippen molar-refractivity contribution >= 4 is 29.9 Å². The zero-order chi connectivity index (χ0) is 13.2. The molecule has 1 N–H and O–H groups in total. The Kier molecular flexibility index (Phi) is 5.30. The molecule has 2 aliphatic heterocycles. The van der Waals surface area contributed by atoms with Crippen LogP contribution in [0.2, 0.25) is 5.02 Å². The van der Waals surface area contributed by atoms with Crippen molar-refractivity contribution in [2.75, 3.05) is 19.6 Å². The fourth-order valence-corrected chi connectivity index (χ4v) is 3.46. The summed E-state index contributed by atoms with van der Waals surface area (Å²) < 4.78 is 0. The summed E-state index contributed by atoms with van der Waals surface area (Å²) in [7, 11) is 0. The van der Waals surface area contributed by atoms with Gasteiger partial charge in [-0.3, -0.25) is 4.79 Å². The minimum atomic E-state index is 0. The van der Waals surface area contributed by atoms with Crippen molar-refractivity contribution in [1.29, 1.82) is 0 Å². The van der Waals surface area contributed by atoms with Gasteiger partial charge in [0.1, 0.15) is 0 Å². The number of nitrogens with zero attached hydrogens (tertiary/aromatic N) is 1. The fourth-order valence-electron chi connectivity index (χ4n) is 3.20. The molecule has 2 fully saturated rings. The van der Waals surface area contributed by atoms with Crippen LogP contribution in [-0.2, 0) is 4.79 Å². The molecule has 2 atom stereocenters. The molecule has 2 heterocycles. The van der Waals surface area contributed by atoms with E-state index in [1.807, 2.05) is 29.2 Å². The van der Waals surface area contributed by atoms with Crippen LogP contribution >= 0.6 is 24.0 Å². The molecule has 3 nitrogen and oxygen atoms in total. The third-order valence-corrected chi connectivity index (χ3v) is 4.55. The second kappa shape index (κ2) is 6.79. The van der Waals surface area contributed by atoms with Crippen LogP contribution in [0.4, 0.5) is 0 Å².